The first kappa shape index (κ1) is 29.4. The predicted molar refractivity (Wildman–Crippen MR) is 161 cm³/mol. The summed E-state index contributed by atoms with van der Waals surface area (Å²) in [6.45, 7) is 8.53. The number of rotatable bonds is 5. The summed E-state index contributed by atoms with van der Waals surface area (Å²) in [5, 5.41) is 3.19. The van der Waals surface area contributed by atoms with E-state index >= 15 is 0 Å². The molecule has 2 fully saturated rings. The van der Waals surface area contributed by atoms with Crippen molar-refractivity contribution in [1.82, 2.24) is 15.1 Å². The van der Waals surface area contributed by atoms with Crippen LogP contribution in [0.5, 0.6) is 11.5 Å². The molecule has 0 radical (unpaired) electrons. The minimum absolute atomic E-state index is 0.0223. The van der Waals surface area contributed by atoms with Crippen molar-refractivity contribution < 1.29 is 19.1 Å². The first-order valence-electron chi connectivity index (χ1n) is 15.8. The smallest absolute Gasteiger partial charge is 0.253 e. The highest BCUT2D eigenvalue weighted by atomic mass is 16.5. The lowest BCUT2D eigenvalue weighted by Gasteiger charge is -2.41. The SMILES string of the molecule is CC1CCN(CCOc2cccc(C(=O)N3CCC4(CCCCc5ccccc5OCCCNC4=O)CC3)c2)CC1. The molecule has 3 heterocycles. The van der Waals surface area contributed by atoms with E-state index in [9.17, 15) is 9.59 Å². The molecule has 1 N–H and O–H groups in total. The van der Waals surface area contributed by atoms with Crippen molar-refractivity contribution in [3.8, 4) is 11.5 Å². The van der Waals surface area contributed by atoms with E-state index in [0.29, 0.717) is 51.3 Å². The molecule has 0 aliphatic carbocycles. The van der Waals surface area contributed by atoms with E-state index in [0.717, 1.165) is 69.2 Å². The minimum Gasteiger partial charge on any atom is -0.493 e. The molecule has 2 amide bonds. The molecule has 0 saturated carbocycles. The first-order chi connectivity index (χ1) is 20.0. The van der Waals surface area contributed by atoms with Gasteiger partial charge in [0, 0.05) is 31.7 Å². The maximum absolute atomic E-state index is 13.5. The van der Waals surface area contributed by atoms with Crippen molar-refractivity contribution >= 4 is 11.8 Å². The summed E-state index contributed by atoms with van der Waals surface area (Å²) in [4.78, 5) is 31.3. The minimum atomic E-state index is -0.414. The fourth-order valence-electron chi connectivity index (χ4n) is 6.48. The van der Waals surface area contributed by atoms with E-state index < -0.39 is 5.41 Å². The van der Waals surface area contributed by atoms with E-state index in [4.69, 9.17) is 9.47 Å². The third-order valence-corrected chi connectivity index (χ3v) is 9.31. The largest absolute Gasteiger partial charge is 0.493 e. The number of carbonyl (C=O) groups excluding carboxylic acids is 2. The third-order valence-electron chi connectivity index (χ3n) is 9.31. The second-order valence-corrected chi connectivity index (χ2v) is 12.2. The number of amides is 2. The van der Waals surface area contributed by atoms with E-state index in [2.05, 4.69) is 29.3 Å². The number of aryl methyl sites for hydroxylation is 1. The van der Waals surface area contributed by atoms with Crippen LogP contribution in [-0.4, -0.2) is 74.1 Å². The van der Waals surface area contributed by atoms with Crippen LogP contribution in [0.25, 0.3) is 0 Å². The van der Waals surface area contributed by atoms with Crippen molar-refractivity contribution in [2.75, 3.05) is 52.5 Å². The summed E-state index contributed by atoms with van der Waals surface area (Å²) >= 11 is 0. The van der Waals surface area contributed by atoms with Crippen LogP contribution in [0.1, 0.15) is 74.2 Å². The fraction of sp³-hybridized carbons (Fsp3) is 0.588. The number of nitrogens with zero attached hydrogens (tertiary/aromatic N) is 2. The van der Waals surface area contributed by atoms with Crippen molar-refractivity contribution in [3.05, 3.63) is 59.7 Å². The lowest BCUT2D eigenvalue weighted by Crippen LogP contribution is -2.50. The predicted octanol–water partition coefficient (Wildman–Crippen LogP) is 5.33. The molecule has 0 bridgehead atoms. The molecule has 7 nitrogen and oxygen atoms in total. The molecular weight excluding hydrogens is 514 g/mol. The van der Waals surface area contributed by atoms with Crippen LogP contribution < -0.4 is 14.8 Å². The van der Waals surface area contributed by atoms with E-state index in [1.807, 2.05) is 41.3 Å². The van der Waals surface area contributed by atoms with Crippen LogP contribution in [0.15, 0.2) is 48.5 Å². The summed E-state index contributed by atoms with van der Waals surface area (Å²) in [6, 6.07) is 15.9. The Morgan fingerprint density at radius 2 is 1.80 bits per heavy atom. The van der Waals surface area contributed by atoms with Crippen LogP contribution in [0.3, 0.4) is 0 Å². The lowest BCUT2D eigenvalue weighted by molar-refractivity contribution is -0.134. The van der Waals surface area contributed by atoms with E-state index in [-0.39, 0.29) is 11.8 Å². The van der Waals surface area contributed by atoms with Crippen LogP contribution in [0.2, 0.25) is 0 Å². The van der Waals surface area contributed by atoms with Crippen LogP contribution in [0.4, 0.5) is 0 Å². The molecule has 3 aliphatic rings. The number of nitrogens with one attached hydrogen (secondary N) is 1. The zero-order chi connectivity index (χ0) is 28.5. The summed E-state index contributed by atoms with van der Waals surface area (Å²) in [7, 11) is 0. The number of ether oxygens (including phenoxy) is 2. The molecule has 3 aliphatic heterocycles. The molecule has 222 valence electrons. The Morgan fingerprint density at radius 3 is 2.63 bits per heavy atom. The number of para-hydroxylation sites is 1. The molecule has 2 aromatic carbocycles. The summed E-state index contributed by atoms with van der Waals surface area (Å²) in [5.74, 6) is 2.69. The standard InChI is InChI=1S/C34H47N3O4/c1-27-13-19-36(20-14-27)23-25-40-30-11-6-10-29(26-30)32(38)37-21-16-34(17-22-37)15-5-4-9-28-8-2-3-12-31(28)41-24-7-18-35-33(34)39/h2-3,6,8,10-12,26-27H,4-5,7,9,13-25H2,1H3,(H,35,39). The van der Waals surface area contributed by atoms with Crippen molar-refractivity contribution in [1.29, 1.82) is 0 Å². The van der Waals surface area contributed by atoms with Crippen molar-refractivity contribution in [2.24, 2.45) is 11.3 Å². The maximum Gasteiger partial charge on any atom is 0.253 e. The second-order valence-electron chi connectivity index (χ2n) is 12.2. The number of carbonyl (C=O) groups is 2. The van der Waals surface area contributed by atoms with Gasteiger partial charge >= 0.3 is 0 Å². The van der Waals surface area contributed by atoms with Gasteiger partial charge in [-0.25, -0.2) is 0 Å². The monoisotopic (exact) mass is 561 g/mol. The average Bonchev–Trinajstić information content (AvgIpc) is 3.01. The first-order valence-corrected chi connectivity index (χ1v) is 15.8. The van der Waals surface area contributed by atoms with E-state index in [1.165, 1.54) is 18.4 Å². The lowest BCUT2D eigenvalue weighted by atomic mass is 9.73. The molecule has 2 aromatic rings. The molecular formula is C34H47N3O4. The Morgan fingerprint density at radius 1 is 1.00 bits per heavy atom. The average molecular weight is 562 g/mol. The van der Waals surface area contributed by atoms with Gasteiger partial charge in [0.1, 0.15) is 18.1 Å². The van der Waals surface area contributed by atoms with Gasteiger partial charge < -0.3 is 19.7 Å². The van der Waals surface area contributed by atoms with Gasteiger partial charge in [-0.1, -0.05) is 37.6 Å². The highest BCUT2D eigenvalue weighted by molar-refractivity contribution is 5.95. The van der Waals surface area contributed by atoms with Crippen molar-refractivity contribution in [3.63, 3.8) is 0 Å². The molecule has 1 spiro atoms. The number of fused-ring (bicyclic) bond motifs is 1. The van der Waals surface area contributed by atoms with Gasteiger partial charge in [0.25, 0.3) is 5.91 Å². The Labute approximate surface area is 245 Å². The zero-order valence-corrected chi connectivity index (χ0v) is 24.7. The molecule has 0 atom stereocenters. The number of hydrogen-bond acceptors (Lipinski definition) is 5. The molecule has 5 rings (SSSR count). The zero-order valence-electron chi connectivity index (χ0n) is 24.7. The topological polar surface area (TPSA) is 71.1 Å². The summed E-state index contributed by atoms with van der Waals surface area (Å²) in [6.07, 6.45) is 8.48. The van der Waals surface area contributed by atoms with Gasteiger partial charge in [-0.3, -0.25) is 14.5 Å². The Kier molecular flexibility index (Phi) is 10.2. The second kappa shape index (κ2) is 14.2. The Balaban J connectivity index is 1.15. The molecule has 7 heteroatoms. The number of likely N-dealkylation sites (tertiary alicyclic amines) is 2. The fourth-order valence-corrected chi connectivity index (χ4v) is 6.48. The van der Waals surface area contributed by atoms with Crippen molar-refractivity contribution in [2.45, 2.75) is 64.7 Å². The normalized spacial score (nSPS) is 21.0. The van der Waals surface area contributed by atoms with E-state index in [1.54, 1.807) is 0 Å². The quantitative estimate of drug-likeness (QED) is 0.534. The van der Waals surface area contributed by atoms with Crippen LogP contribution in [-0.2, 0) is 11.2 Å². The van der Waals surface area contributed by atoms with Gasteiger partial charge in [-0.15, -0.1) is 0 Å². The molecule has 41 heavy (non-hydrogen) atoms. The third kappa shape index (κ3) is 7.82. The van der Waals surface area contributed by atoms with Crippen LogP contribution in [0, 0.1) is 11.3 Å². The number of piperidine rings is 2. The van der Waals surface area contributed by atoms with Gasteiger partial charge in [0.05, 0.1) is 12.0 Å². The van der Waals surface area contributed by atoms with Crippen LogP contribution >= 0.6 is 0 Å². The Bertz CT molecular complexity index is 1150. The maximum atomic E-state index is 13.5. The highest BCUT2D eigenvalue weighted by Crippen LogP contribution is 2.38. The Hall–Kier alpha value is -3.06. The van der Waals surface area contributed by atoms with Gasteiger partial charge in [0.15, 0.2) is 0 Å². The molecule has 0 unspecified atom stereocenters. The summed E-state index contributed by atoms with van der Waals surface area (Å²) < 4.78 is 12.1. The molecule has 2 saturated heterocycles. The summed E-state index contributed by atoms with van der Waals surface area (Å²) in [5.41, 5.74) is 1.48. The molecule has 0 aromatic heterocycles. The van der Waals surface area contributed by atoms with Gasteiger partial charge in [0.2, 0.25) is 5.91 Å². The van der Waals surface area contributed by atoms with Gasteiger partial charge in [-0.2, -0.15) is 0 Å². The highest BCUT2D eigenvalue weighted by Gasteiger charge is 2.41. The number of benzene rings is 2. The van der Waals surface area contributed by atoms with Gasteiger partial charge in [-0.05, 0) is 100 Å². The number of hydrogen-bond donors (Lipinski definition) is 1.